The van der Waals surface area contributed by atoms with Crippen LogP contribution >= 0.6 is 15.9 Å². The summed E-state index contributed by atoms with van der Waals surface area (Å²) < 4.78 is 10.9. The topological polar surface area (TPSA) is 108 Å². The molecule has 0 spiro atoms. The van der Waals surface area contributed by atoms with Crippen LogP contribution in [0.4, 0.5) is 0 Å². The van der Waals surface area contributed by atoms with Gasteiger partial charge in [0.1, 0.15) is 17.1 Å². The molecule has 3 aromatic rings. The van der Waals surface area contributed by atoms with Crippen LogP contribution in [0.15, 0.2) is 40.9 Å². The molecule has 0 saturated carbocycles. The lowest BCUT2D eigenvalue weighted by Gasteiger charge is -2.26. The van der Waals surface area contributed by atoms with Gasteiger partial charge in [-0.25, -0.2) is 0 Å². The number of rotatable bonds is 6. The molecule has 0 aliphatic carbocycles. The van der Waals surface area contributed by atoms with Gasteiger partial charge < -0.3 is 24.6 Å². The number of ether oxygens (including phenoxy) is 2. The number of amides is 1. The molecule has 0 fully saturated rings. The number of halogens is 1. The molecule has 0 radical (unpaired) electrons. The molecule has 2 heterocycles. The van der Waals surface area contributed by atoms with Gasteiger partial charge in [-0.2, -0.15) is 5.10 Å². The van der Waals surface area contributed by atoms with Crippen molar-refractivity contribution in [2.75, 3.05) is 27.4 Å². The van der Waals surface area contributed by atoms with Crippen LogP contribution in [0.5, 0.6) is 17.2 Å². The molecule has 4 rings (SSSR count). The van der Waals surface area contributed by atoms with E-state index in [1.165, 1.54) is 7.11 Å². The van der Waals surface area contributed by atoms with Crippen molar-refractivity contribution < 1.29 is 24.5 Å². The molecular weight excluding hydrogens is 454 g/mol. The van der Waals surface area contributed by atoms with Crippen molar-refractivity contribution in [2.45, 2.75) is 6.04 Å². The fourth-order valence-corrected chi connectivity index (χ4v) is 4.21. The molecule has 3 N–H and O–H groups in total. The number of nitrogens with one attached hydrogen (secondary N) is 1. The molecule has 0 bridgehead atoms. The molecule has 2 aromatic carbocycles. The standard InChI is InChI=1S/C21H20BrN3O5/c1-29-8-7-25-19(11-9-13(22)20(27)15(10-11)30-2)16-17(23-24-18(16)21(25)28)12-5-3-4-6-14(12)26/h3-6,9-10,19,26-27H,7-8H2,1-2H3,(H,23,24)/t19-/m1/s1. The molecule has 156 valence electrons. The Morgan fingerprint density at radius 1 is 1.23 bits per heavy atom. The number of aromatic amines is 1. The van der Waals surface area contributed by atoms with E-state index in [9.17, 15) is 15.0 Å². The van der Waals surface area contributed by atoms with E-state index in [-0.39, 0.29) is 23.2 Å². The summed E-state index contributed by atoms with van der Waals surface area (Å²) >= 11 is 3.36. The second-order valence-corrected chi connectivity index (χ2v) is 7.68. The van der Waals surface area contributed by atoms with Crippen LogP contribution in [0.2, 0.25) is 0 Å². The van der Waals surface area contributed by atoms with E-state index in [1.807, 2.05) is 0 Å². The molecule has 0 saturated heterocycles. The Hall–Kier alpha value is -3.04. The van der Waals surface area contributed by atoms with Crippen molar-refractivity contribution in [2.24, 2.45) is 0 Å². The first-order valence-corrected chi connectivity index (χ1v) is 10.00. The van der Waals surface area contributed by atoms with E-state index < -0.39 is 6.04 Å². The predicted octanol–water partition coefficient (Wildman–Crippen LogP) is 3.45. The second-order valence-electron chi connectivity index (χ2n) is 6.83. The lowest BCUT2D eigenvalue weighted by atomic mass is 9.95. The summed E-state index contributed by atoms with van der Waals surface area (Å²) in [5, 5.41) is 27.8. The number of aromatic nitrogens is 2. The summed E-state index contributed by atoms with van der Waals surface area (Å²) in [6, 6.07) is 9.76. The van der Waals surface area contributed by atoms with Gasteiger partial charge in [0.05, 0.1) is 24.2 Å². The lowest BCUT2D eigenvalue weighted by molar-refractivity contribution is 0.0677. The highest BCUT2D eigenvalue weighted by atomic mass is 79.9. The predicted molar refractivity (Wildman–Crippen MR) is 113 cm³/mol. The Morgan fingerprint density at radius 3 is 2.70 bits per heavy atom. The average molecular weight is 474 g/mol. The van der Waals surface area contributed by atoms with Crippen molar-refractivity contribution in [1.29, 1.82) is 0 Å². The van der Waals surface area contributed by atoms with E-state index in [4.69, 9.17) is 9.47 Å². The largest absolute Gasteiger partial charge is 0.507 e. The number of para-hydroxylation sites is 1. The number of phenolic OH excluding ortho intramolecular Hbond substituents is 2. The number of carbonyl (C=O) groups excluding carboxylic acids is 1. The summed E-state index contributed by atoms with van der Waals surface area (Å²) in [6.45, 7) is 0.700. The molecule has 9 heteroatoms. The quantitative estimate of drug-likeness (QED) is 0.505. The minimum Gasteiger partial charge on any atom is -0.507 e. The number of nitrogens with zero attached hydrogens (tertiary/aromatic N) is 2. The van der Waals surface area contributed by atoms with Gasteiger partial charge in [0.15, 0.2) is 11.5 Å². The smallest absolute Gasteiger partial charge is 0.273 e. The molecule has 1 atom stereocenters. The lowest BCUT2D eigenvalue weighted by Crippen LogP contribution is -2.32. The van der Waals surface area contributed by atoms with Crippen molar-refractivity contribution in [3.8, 4) is 28.5 Å². The van der Waals surface area contributed by atoms with E-state index in [0.717, 1.165) is 5.56 Å². The second kappa shape index (κ2) is 8.00. The summed E-state index contributed by atoms with van der Waals surface area (Å²) in [7, 11) is 3.04. The Balaban J connectivity index is 1.93. The number of phenols is 2. The van der Waals surface area contributed by atoms with Crippen LogP contribution in [0, 0.1) is 0 Å². The van der Waals surface area contributed by atoms with E-state index in [2.05, 4.69) is 26.1 Å². The summed E-state index contributed by atoms with van der Waals surface area (Å²) in [5.74, 6) is 0.101. The Bertz CT molecular complexity index is 1110. The molecular formula is C21H20BrN3O5. The Kier molecular flexibility index (Phi) is 5.40. The number of aromatic hydroxyl groups is 2. The van der Waals surface area contributed by atoms with Gasteiger partial charge in [-0.05, 0) is 45.8 Å². The van der Waals surface area contributed by atoms with Gasteiger partial charge in [-0.1, -0.05) is 12.1 Å². The van der Waals surface area contributed by atoms with Gasteiger partial charge in [0.25, 0.3) is 5.91 Å². The highest BCUT2D eigenvalue weighted by Crippen LogP contribution is 2.47. The van der Waals surface area contributed by atoms with Crippen molar-refractivity contribution >= 4 is 21.8 Å². The normalized spacial score (nSPS) is 15.5. The van der Waals surface area contributed by atoms with E-state index in [1.54, 1.807) is 48.4 Å². The summed E-state index contributed by atoms with van der Waals surface area (Å²) in [5.41, 5.74) is 2.74. The maximum absolute atomic E-state index is 13.2. The fourth-order valence-electron chi connectivity index (χ4n) is 3.75. The molecule has 1 aromatic heterocycles. The first-order chi connectivity index (χ1) is 14.5. The van der Waals surface area contributed by atoms with Crippen LogP contribution in [0.1, 0.15) is 27.7 Å². The SMILES string of the molecule is COCCN1C(=O)c2[nH]nc(-c3ccccc3O)c2[C@H]1c1cc(Br)c(O)c(OC)c1. The third kappa shape index (κ3) is 3.20. The molecule has 1 amide bonds. The molecule has 8 nitrogen and oxygen atoms in total. The zero-order valence-electron chi connectivity index (χ0n) is 16.3. The van der Waals surface area contributed by atoms with Crippen molar-refractivity contribution in [3.63, 3.8) is 0 Å². The molecule has 1 aliphatic heterocycles. The number of hydrogen-bond acceptors (Lipinski definition) is 6. The monoisotopic (exact) mass is 473 g/mol. The van der Waals surface area contributed by atoms with E-state index >= 15 is 0 Å². The molecule has 0 unspecified atom stereocenters. The van der Waals surface area contributed by atoms with Crippen LogP contribution in [0.25, 0.3) is 11.3 Å². The number of methoxy groups -OCH3 is 2. The Labute approximate surface area is 181 Å². The van der Waals surface area contributed by atoms with Gasteiger partial charge >= 0.3 is 0 Å². The number of carbonyl (C=O) groups is 1. The first-order valence-electron chi connectivity index (χ1n) is 9.20. The van der Waals surface area contributed by atoms with E-state index in [0.29, 0.717) is 40.1 Å². The zero-order chi connectivity index (χ0) is 21.4. The number of fused-ring (bicyclic) bond motifs is 1. The average Bonchev–Trinajstić information content (AvgIpc) is 3.28. The maximum atomic E-state index is 13.2. The first kappa shape index (κ1) is 20.2. The van der Waals surface area contributed by atoms with Crippen molar-refractivity contribution in [3.05, 3.63) is 57.7 Å². The zero-order valence-corrected chi connectivity index (χ0v) is 17.9. The minimum atomic E-state index is -0.512. The van der Waals surface area contributed by atoms with Crippen LogP contribution < -0.4 is 4.74 Å². The highest BCUT2D eigenvalue weighted by Gasteiger charge is 2.42. The van der Waals surface area contributed by atoms with Gasteiger partial charge in [0.2, 0.25) is 0 Å². The summed E-state index contributed by atoms with van der Waals surface area (Å²) in [4.78, 5) is 14.8. The third-order valence-electron chi connectivity index (χ3n) is 5.15. The fraction of sp³-hybridized carbons (Fsp3) is 0.238. The van der Waals surface area contributed by atoms with Crippen LogP contribution in [-0.2, 0) is 4.74 Å². The van der Waals surface area contributed by atoms with Crippen LogP contribution in [-0.4, -0.2) is 58.6 Å². The van der Waals surface area contributed by atoms with Crippen LogP contribution in [0.3, 0.4) is 0 Å². The van der Waals surface area contributed by atoms with Gasteiger partial charge in [-0.3, -0.25) is 9.89 Å². The Morgan fingerprint density at radius 2 is 2.00 bits per heavy atom. The van der Waals surface area contributed by atoms with Gasteiger partial charge in [0, 0.05) is 24.8 Å². The number of H-pyrrole nitrogens is 1. The summed E-state index contributed by atoms with van der Waals surface area (Å²) in [6.07, 6.45) is 0. The molecule has 1 aliphatic rings. The molecule has 30 heavy (non-hydrogen) atoms. The number of benzene rings is 2. The maximum Gasteiger partial charge on any atom is 0.273 e. The number of hydrogen-bond donors (Lipinski definition) is 3. The third-order valence-corrected chi connectivity index (χ3v) is 5.75. The minimum absolute atomic E-state index is 0.0256. The van der Waals surface area contributed by atoms with Crippen molar-refractivity contribution in [1.82, 2.24) is 15.1 Å². The highest BCUT2D eigenvalue weighted by molar-refractivity contribution is 9.10. The van der Waals surface area contributed by atoms with Gasteiger partial charge in [-0.15, -0.1) is 0 Å².